The summed E-state index contributed by atoms with van der Waals surface area (Å²) in [6.07, 6.45) is 9.71. The van der Waals surface area contributed by atoms with Gasteiger partial charge in [0.2, 0.25) is 5.82 Å². The average molecular weight is 461 g/mol. The van der Waals surface area contributed by atoms with Gasteiger partial charge in [-0.15, -0.1) is 20.4 Å². The molecule has 0 atom stereocenters. The third kappa shape index (κ3) is 7.75. The van der Waals surface area contributed by atoms with Crippen LogP contribution in [0.5, 0.6) is 5.75 Å². The van der Waals surface area contributed by atoms with Gasteiger partial charge in [0, 0.05) is 12.0 Å². The van der Waals surface area contributed by atoms with Gasteiger partial charge in [0.1, 0.15) is 5.75 Å². The smallest absolute Gasteiger partial charge is 0.204 e. The lowest BCUT2D eigenvalue weighted by atomic mass is 10.1. The van der Waals surface area contributed by atoms with Crippen molar-refractivity contribution >= 4 is 0 Å². The molecule has 2 heterocycles. The minimum Gasteiger partial charge on any atom is -0.494 e. The molecule has 34 heavy (non-hydrogen) atoms. The van der Waals surface area contributed by atoms with Crippen molar-refractivity contribution in [3.05, 3.63) is 66.0 Å². The third-order valence-corrected chi connectivity index (χ3v) is 5.68. The molecule has 0 spiro atoms. The van der Waals surface area contributed by atoms with Crippen LogP contribution in [0.25, 0.3) is 11.4 Å². The van der Waals surface area contributed by atoms with Crippen LogP contribution in [-0.4, -0.2) is 47.4 Å². The maximum atomic E-state index is 5.88. The van der Waals surface area contributed by atoms with Crippen LogP contribution in [0.1, 0.15) is 56.3 Å². The summed E-state index contributed by atoms with van der Waals surface area (Å²) in [5.41, 5.74) is 2.33. The molecule has 9 heteroatoms. The summed E-state index contributed by atoms with van der Waals surface area (Å²) < 4.78 is 5.88. The molecule has 2 aromatic carbocycles. The summed E-state index contributed by atoms with van der Waals surface area (Å²) in [6, 6.07) is 18.5. The summed E-state index contributed by atoms with van der Waals surface area (Å²) in [6.45, 7) is 1.50. The van der Waals surface area contributed by atoms with Crippen LogP contribution in [0.3, 0.4) is 0 Å². The summed E-state index contributed by atoms with van der Waals surface area (Å²) in [5, 5.41) is 26.9. The van der Waals surface area contributed by atoms with Gasteiger partial charge < -0.3 is 4.74 Å². The number of aromatic nitrogens is 8. The lowest BCUT2D eigenvalue weighted by molar-refractivity contribution is 0.307. The summed E-state index contributed by atoms with van der Waals surface area (Å²) in [5.74, 6) is 2.31. The molecule has 0 fully saturated rings. The molecule has 1 N–H and O–H groups in total. The van der Waals surface area contributed by atoms with Crippen molar-refractivity contribution in [2.24, 2.45) is 0 Å². The van der Waals surface area contributed by atoms with E-state index in [2.05, 4.69) is 66.4 Å². The van der Waals surface area contributed by atoms with Gasteiger partial charge in [-0.3, -0.25) is 0 Å². The van der Waals surface area contributed by atoms with E-state index in [1.54, 1.807) is 4.80 Å². The first-order valence-corrected chi connectivity index (χ1v) is 12.1. The van der Waals surface area contributed by atoms with Crippen LogP contribution in [-0.2, 0) is 19.4 Å². The first-order chi connectivity index (χ1) is 16.9. The first-order valence-electron chi connectivity index (χ1n) is 12.1. The van der Waals surface area contributed by atoms with Gasteiger partial charge in [0.15, 0.2) is 5.82 Å². The summed E-state index contributed by atoms with van der Waals surface area (Å²) in [7, 11) is 0. The number of tetrazole rings is 2. The Morgan fingerprint density at radius 2 is 1.56 bits per heavy atom. The van der Waals surface area contributed by atoms with Crippen LogP contribution in [0.4, 0.5) is 0 Å². The van der Waals surface area contributed by atoms with Crippen LogP contribution < -0.4 is 4.74 Å². The highest BCUT2D eigenvalue weighted by molar-refractivity contribution is 5.55. The van der Waals surface area contributed by atoms with E-state index in [4.69, 9.17) is 4.74 Å². The van der Waals surface area contributed by atoms with Crippen molar-refractivity contribution in [3.63, 3.8) is 0 Å². The zero-order chi connectivity index (χ0) is 23.3. The Morgan fingerprint density at radius 3 is 2.38 bits per heavy atom. The molecule has 0 aliphatic heterocycles. The standard InChI is InChI=1S/C25H32N8O/c1(2-7-14-24-26-30-31-27-24)3-9-19-33-29-25(28-32-33)22-15-17-23(18-16-22)34-20-10-8-13-21-11-5-4-6-12-21/h4-6,11-12,15-18H,1-3,7-10,13-14,19-20H2,(H,26,27,30,31). The fourth-order valence-corrected chi connectivity index (χ4v) is 3.77. The lowest BCUT2D eigenvalue weighted by Gasteiger charge is -2.06. The van der Waals surface area contributed by atoms with Crippen LogP contribution in [0, 0.1) is 0 Å². The Hall–Kier alpha value is -3.62. The monoisotopic (exact) mass is 460 g/mol. The van der Waals surface area contributed by atoms with E-state index in [0.717, 1.165) is 81.7 Å². The van der Waals surface area contributed by atoms with Crippen LogP contribution in [0.2, 0.25) is 0 Å². The SMILES string of the molecule is c1ccc(CCCCOc2ccc(-c3nnn(CCCCCCCc4nn[nH]n4)n3)cc2)cc1. The maximum Gasteiger partial charge on any atom is 0.204 e. The first kappa shape index (κ1) is 23.5. The van der Waals surface area contributed by atoms with Crippen molar-refractivity contribution in [1.82, 2.24) is 40.8 Å². The van der Waals surface area contributed by atoms with Crippen molar-refractivity contribution in [2.75, 3.05) is 6.61 Å². The largest absolute Gasteiger partial charge is 0.494 e. The molecular weight excluding hydrogens is 428 g/mol. The third-order valence-electron chi connectivity index (χ3n) is 5.68. The molecule has 2 aromatic heterocycles. The number of aryl methyl sites for hydroxylation is 3. The molecule has 4 rings (SSSR count). The van der Waals surface area contributed by atoms with Gasteiger partial charge in [-0.05, 0) is 67.1 Å². The number of ether oxygens (including phenoxy) is 1. The van der Waals surface area contributed by atoms with Crippen molar-refractivity contribution in [2.45, 2.75) is 64.3 Å². The molecule has 0 aliphatic carbocycles. The normalized spacial score (nSPS) is 11.1. The van der Waals surface area contributed by atoms with E-state index in [1.165, 1.54) is 12.0 Å². The molecular formula is C25H32N8O. The lowest BCUT2D eigenvalue weighted by Crippen LogP contribution is -2.02. The van der Waals surface area contributed by atoms with E-state index in [-0.39, 0.29) is 0 Å². The molecule has 0 bridgehead atoms. The zero-order valence-corrected chi connectivity index (χ0v) is 19.5. The number of aromatic amines is 1. The number of H-pyrrole nitrogens is 1. The molecule has 178 valence electrons. The Morgan fingerprint density at radius 1 is 0.765 bits per heavy atom. The van der Waals surface area contributed by atoms with E-state index < -0.39 is 0 Å². The number of unbranched alkanes of at least 4 members (excludes halogenated alkanes) is 5. The van der Waals surface area contributed by atoms with Gasteiger partial charge in [-0.2, -0.15) is 10.0 Å². The van der Waals surface area contributed by atoms with Gasteiger partial charge in [0.25, 0.3) is 0 Å². The fourth-order valence-electron chi connectivity index (χ4n) is 3.77. The molecule has 0 amide bonds. The number of nitrogens with zero attached hydrogens (tertiary/aromatic N) is 7. The van der Waals surface area contributed by atoms with Crippen LogP contribution >= 0.6 is 0 Å². The number of rotatable bonds is 15. The highest BCUT2D eigenvalue weighted by Crippen LogP contribution is 2.19. The average Bonchev–Trinajstić information content (AvgIpc) is 3.57. The summed E-state index contributed by atoms with van der Waals surface area (Å²) in [4.78, 5) is 1.69. The van der Waals surface area contributed by atoms with Gasteiger partial charge in [-0.1, -0.05) is 54.8 Å². The fraction of sp³-hybridized carbons (Fsp3) is 0.440. The van der Waals surface area contributed by atoms with Crippen molar-refractivity contribution in [3.8, 4) is 17.1 Å². The molecule has 4 aromatic rings. The molecule has 0 aliphatic rings. The topological polar surface area (TPSA) is 107 Å². The zero-order valence-electron chi connectivity index (χ0n) is 19.5. The van der Waals surface area contributed by atoms with Gasteiger partial charge in [-0.25, -0.2) is 0 Å². The highest BCUT2D eigenvalue weighted by atomic mass is 16.5. The molecule has 9 nitrogen and oxygen atoms in total. The molecule has 0 saturated carbocycles. The van der Waals surface area contributed by atoms with Crippen molar-refractivity contribution < 1.29 is 4.74 Å². The minimum atomic E-state index is 0.648. The number of hydrogen-bond acceptors (Lipinski definition) is 7. The van der Waals surface area contributed by atoms with E-state index in [1.807, 2.05) is 24.3 Å². The predicted molar refractivity (Wildman–Crippen MR) is 129 cm³/mol. The van der Waals surface area contributed by atoms with Crippen LogP contribution in [0.15, 0.2) is 54.6 Å². The molecule has 0 unspecified atom stereocenters. The molecule has 0 saturated heterocycles. The predicted octanol–water partition coefficient (Wildman–Crippen LogP) is 4.45. The Labute approximate surface area is 199 Å². The quantitative estimate of drug-likeness (QED) is 0.261. The van der Waals surface area contributed by atoms with Gasteiger partial charge in [0.05, 0.1) is 13.2 Å². The maximum absolute atomic E-state index is 5.88. The highest BCUT2D eigenvalue weighted by Gasteiger charge is 2.06. The van der Waals surface area contributed by atoms with E-state index in [0.29, 0.717) is 5.82 Å². The van der Waals surface area contributed by atoms with Crippen molar-refractivity contribution in [1.29, 1.82) is 0 Å². The van der Waals surface area contributed by atoms with Gasteiger partial charge >= 0.3 is 0 Å². The molecule has 0 radical (unpaired) electrons. The Balaban J connectivity index is 1.09. The Bertz CT molecular complexity index is 1060. The number of nitrogens with one attached hydrogen (secondary N) is 1. The second-order valence-electron chi connectivity index (χ2n) is 8.37. The van der Waals surface area contributed by atoms with E-state index >= 15 is 0 Å². The number of hydrogen-bond donors (Lipinski definition) is 1. The number of benzene rings is 2. The van der Waals surface area contributed by atoms with E-state index in [9.17, 15) is 0 Å². The Kier molecular flexibility index (Phi) is 9.12. The minimum absolute atomic E-state index is 0.648. The summed E-state index contributed by atoms with van der Waals surface area (Å²) >= 11 is 0. The second-order valence-corrected chi connectivity index (χ2v) is 8.37. The second kappa shape index (κ2) is 13.2.